The Bertz CT molecular complexity index is 363. The number of nitrogens with two attached hydrogens (primary N) is 1. The Morgan fingerprint density at radius 1 is 1.22 bits per heavy atom. The van der Waals surface area contributed by atoms with Crippen LogP contribution in [0.1, 0.15) is 51.0 Å². The van der Waals surface area contributed by atoms with Crippen LogP contribution in [0.15, 0.2) is 24.3 Å². The van der Waals surface area contributed by atoms with Crippen molar-refractivity contribution in [3.8, 4) is 5.75 Å². The highest BCUT2D eigenvalue weighted by atomic mass is 16.3. The predicted molar refractivity (Wildman–Crippen MR) is 75.6 cm³/mol. The normalized spacial score (nSPS) is 28.2. The van der Waals surface area contributed by atoms with E-state index in [1.807, 2.05) is 12.1 Å². The molecule has 0 bridgehead atoms. The molecule has 1 aromatic carbocycles. The largest absolute Gasteiger partial charge is 0.508 e. The van der Waals surface area contributed by atoms with E-state index in [2.05, 4.69) is 6.92 Å². The molecule has 100 valence electrons. The van der Waals surface area contributed by atoms with Crippen molar-refractivity contribution in [3.05, 3.63) is 29.8 Å². The summed E-state index contributed by atoms with van der Waals surface area (Å²) in [6.45, 7) is 2.26. The molecule has 1 aliphatic rings. The van der Waals surface area contributed by atoms with E-state index in [9.17, 15) is 5.11 Å². The molecule has 1 fully saturated rings. The molecule has 0 atom stereocenters. The van der Waals surface area contributed by atoms with Gasteiger partial charge in [-0.1, -0.05) is 31.9 Å². The lowest BCUT2D eigenvalue weighted by molar-refractivity contribution is 0.223. The first-order valence-corrected chi connectivity index (χ1v) is 7.18. The van der Waals surface area contributed by atoms with Crippen molar-refractivity contribution in [1.82, 2.24) is 0 Å². The average Bonchev–Trinajstić information content (AvgIpc) is 2.36. The van der Waals surface area contributed by atoms with Crippen LogP contribution in [-0.2, 0) is 6.42 Å². The molecule has 2 heteroatoms. The summed E-state index contributed by atoms with van der Waals surface area (Å²) in [6, 6.07) is 7.48. The van der Waals surface area contributed by atoms with Crippen LogP contribution in [0.5, 0.6) is 5.75 Å². The minimum absolute atomic E-state index is 0.0266. The van der Waals surface area contributed by atoms with Crippen LogP contribution in [-0.4, -0.2) is 10.6 Å². The standard InChI is InChI=1S/C16H25NO/c1-2-3-13-8-10-16(17,11-9-13)12-14-4-6-15(18)7-5-14/h4-7,13,18H,2-3,8-12,17H2,1H3. The van der Waals surface area contributed by atoms with Gasteiger partial charge in [0, 0.05) is 5.54 Å². The van der Waals surface area contributed by atoms with E-state index in [0.29, 0.717) is 5.75 Å². The molecule has 1 saturated carbocycles. The molecule has 0 saturated heterocycles. The Balaban J connectivity index is 1.91. The second-order valence-electron chi connectivity index (χ2n) is 5.94. The van der Waals surface area contributed by atoms with Gasteiger partial charge in [0.1, 0.15) is 5.75 Å². The Hall–Kier alpha value is -1.02. The van der Waals surface area contributed by atoms with Crippen LogP contribution in [0.25, 0.3) is 0 Å². The fourth-order valence-corrected chi connectivity index (χ4v) is 3.15. The fraction of sp³-hybridized carbons (Fsp3) is 0.625. The van der Waals surface area contributed by atoms with Crippen LogP contribution in [0.2, 0.25) is 0 Å². The molecule has 0 unspecified atom stereocenters. The second kappa shape index (κ2) is 5.75. The number of hydrogen-bond donors (Lipinski definition) is 2. The Kier molecular flexibility index (Phi) is 4.28. The molecule has 3 N–H and O–H groups in total. The average molecular weight is 247 g/mol. The van der Waals surface area contributed by atoms with Crippen LogP contribution < -0.4 is 5.73 Å². The zero-order valence-corrected chi connectivity index (χ0v) is 11.4. The highest BCUT2D eigenvalue weighted by Crippen LogP contribution is 2.35. The van der Waals surface area contributed by atoms with Gasteiger partial charge in [0.2, 0.25) is 0 Å². The van der Waals surface area contributed by atoms with Crippen molar-refractivity contribution >= 4 is 0 Å². The topological polar surface area (TPSA) is 46.2 Å². The van der Waals surface area contributed by atoms with E-state index in [4.69, 9.17) is 5.73 Å². The monoisotopic (exact) mass is 247 g/mol. The molecule has 1 aromatic rings. The van der Waals surface area contributed by atoms with E-state index in [1.165, 1.54) is 31.2 Å². The molecular weight excluding hydrogens is 222 g/mol. The van der Waals surface area contributed by atoms with Gasteiger partial charge in [-0.05, 0) is 55.7 Å². The van der Waals surface area contributed by atoms with E-state index in [1.54, 1.807) is 12.1 Å². The summed E-state index contributed by atoms with van der Waals surface area (Å²) < 4.78 is 0. The lowest BCUT2D eigenvalue weighted by Crippen LogP contribution is -2.45. The highest BCUT2D eigenvalue weighted by molar-refractivity contribution is 5.27. The van der Waals surface area contributed by atoms with Crippen molar-refractivity contribution in [1.29, 1.82) is 0 Å². The fourth-order valence-electron chi connectivity index (χ4n) is 3.15. The quantitative estimate of drug-likeness (QED) is 0.853. The Morgan fingerprint density at radius 3 is 2.39 bits per heavy atom. The van der Waals surface area contributed by atoms with Gasteiger partial charge < -0.3 is 10.8 Å². The summed E-state index contributed by atoms with van der Waals surface area (Å²) in [6.07, 6.45) is 8.42. The van der Waals surface area contributed by atoms with Crippen molar-refractivity contribution < 1.29 is 5.11 Å². The molecule has 0 heterocycles. The molecule has 2 rings (SSSR count). The van der Waals surface area contributed by atoms with Crippen molar-refractivity contribution in [3.63, 3.8) is 0 Å². The maximum atomic E-state index is 9.29. The number of hydrogen-bond acceptors (Lipinski definition) is 2. The molecule has 2 nitrogen and oxygen atoms in total. The van der Waals surface area contributed by atoms with Crippen LogP contribution in [0, 0.1) is 5.92 Å². The van der Waals surface area contributed by atoms with Crippen molar-refractivity contribution in [2.75, 3.05) is 0 Å². The molecule has 0 aliphatic heterocycles. The first kappa shape index (κ1) is 13.4. The van der Waals surface area contributed by atoms with E-state index in [0.717, 1.165) is 25.2 Å². The minimum Gasteiger partial charge on any atom is -0.508 e. The lowest BCUT2D eigenvalue weighted by Gasteiger charge is -2.37. The molecule has 0 spiro atoms. The Morgan fingerprint density at radius 2 is 1.83 bits per heavy atom. The summed E-state index contributed by atoms with van der Waals surface area (Å²) in [5.74, 6) is 1.22. The number of phenolic OH excluding ortho intramolecular Hbond substituents is 1. The molecule has 18 heavy (non-hydrogen) atoms. The van der Waals surface area contributed by atoms with Crippen molar-refractivity contribution in [2.24, 2.45) is 11.7 Å². The number of benzene rings is 1. The second-order valence-corrected chi connectivity index (χ2v) is 5.94. The lowest BCUT2D eigenvalue weighted by atomic mass is 9.73. The molecule has 0 aromatic heterocycles. The molecule has 0 amide bonds. The Labute approximate surface area is 110 Å². The SMILES string of the molecule is CCCC1CCC(N)(Cc2ccc(O)cc2)CC1. The van der Waals surface area contributed by atoms with Gasteiger partial charge in [-0.15, -0.1) is 0 Å². The van der Waals surface area contributed by atoms with Crippen LogP contribution in [0.4, 0.5) is 0 Å². The summed E-state index contributed by atoms with van der Waals surface area (Å²) in [5, 5.41) is 9.29. The van der Waals surface area contributed by atoms with Gasteiger partial charge in [-0.25, -0.2) is 0 Å². The van der Waals surface area contributed by atoms with Gasteiger partial charge >= 0.3 is 0 Å². The summed E-state index contributed by atoms with van der Waals surface area (Å²) in [7, 11) is 0. The first-order chi connectivity index (χ1) is 8.61. The smallest absolute Gasteiger partial charge is 0.115 e. The maximum absolute atomic E-state index is 9.29. The highest BCUT2D eigenvalue weighted by Gasteiger charge is 2.31. The zero-order valence-electron chi connectivity index (χ0n) is 11.4. The summed E-state index contributed by atoms with van der Waals surface area (Å²) in [5.41, 5.74) is 7.74. The number of aromatic hydroxyl groups is 1. The van der Waals surface area contributed by atoms with Crippen molar-refractivity contribution in [2.45, 2.75) is 57.4 Å². The van der Waals surface area contributed by atoms with Gasteiger partial charge in [0.15, 0.2) is 0 Å². The molecular formula is C16H25NO. The van der Waals surface area contributed by atoms with E-state index < -0.39 is 0 Å². The number of rotatable bonds is 4. The van der Waals surface area contributed by atoms with Gasteiger partial charge in [0.25, 0.3) is 0 Å². The van der Waals surface area contributed by atoms with Gasteiger partial charge in [-0.2, -0.15) is 0 Å². The van der Waals surface area contributed by atoms with Gasteiger partial charge in [0.05, 0.1) is 0 Å². The third-order valence-electron chi connectivity index (χ3n) is 4.29. The third kappa shape index (κ3) is 3.49. The molecule has 0 radical (unpaired) electrons. The van der Waals surface area contributed by atoms with Crippen LogP contribution >= 0.6 is 0 Å². The first-order valence-electron chi connectivity index (χ1n) is 7.18. The minimum atomic E-state index is -0.0266. The maximum Gasteiger partial charge on any atom is 0.115 e. The molecule has 1 aliphatic carbocycles. The summed E-state index contributed by atoms with van der Waals surface area (Å²) >= 11 is 0. The van der Waals surface area contributed by atoms with Crippen LogP contribution in [0.3, 0.4) is 0 Å². The predicted octanol–water partition coefficient (Wildman–Crippen LogP) is 3.62. The zero-order chi connectivity index (χ0) is 13.0. The van der Waals surface area contributed by atoms with Gasteiger partial charge in [-0.3, -0.25) is 0 Å². The van der Waals surface area contributed by atoms with E-state index >= 15 is 0 Å². The number of phenols is 1. The third-order valence-corrected chi connectivity index (χ3v) is 4.29. The summed E-state index contributed by atoms with van der Waals surface area (Å²) in [4.78, 5) is 0. The van der Waals surface area contributed by atoms with E-state index in [-0.39, 0.29) is 5.54 Å².